The molecule has 1 N–H and O–H groups in total. The summed E-state index contributed by atoms with van der Waals surface area (Å²) in [5.41, 5.74) is 1.23. The van der Waals surface area contributed by atoms with Crippen LogP contribution in [0.5, 0.6) is 0 Å². The van der Waals surface area contributed by atoms with Crippen LogP contribution in [0.25, 0.3) is 0 Å². The van der Waals surface area contributed by atoms with Crippen LogP contribution in [0.3, 0.4) is 0 Å². The number of allylic oxidation sites excluding steroid dienone is 2. The van der Waals surface area contributed by atoms with Gasteiger partial charge in [-0.05, 0) is 31.9 Å². The minimum absolute atomic E-state index is 0.0318. The zero-order chi connectivity index (χ0) is 16.8. The topological polar surface area (TPSA) is 87.3 Å². The standard InChI is InChI=1S/C16H19N3O3S/c1-23-16-8-3-2-7-14(16)18(11-17)10-15(20)12-5-4-6-13(9-12)19(21)22/h4-6,9,11,17H,2-3,7-8,10H2,1H3. The molecule has 23 heavy (non-hydrogen) atoms. The highest BCUT2D eigenvalue weighted by Crippen LogP contribution is 2.33. The lowest BCUT2D eigenvalue weighted by molar-refractivity contribution is -0.384. The summed E-state index contributed by atoms with van der Waals surface area (Å²) in [6.07, 6.45) is 7.19. The molecule has 0 bridgehead atoms. The van der Waals surface area contributed by atoms with Gasteiger partial charge in [0.15, 0.2) is 5.78 Å². The van der Waals surface area contributed by atoms with Crippen LogP contribution >= 0.6 is 11.8 Å². The van der Waals surface area contributed by atoms with Crippen LogP contribution in [0.4, 0.5) is 5.69 Å². The van der Waals surface area contributed by atoms with Gasteiger partial charge < -0.3 is 4.90 Å². The Morgan fingerprint density at radius 3 is 2.83 bits per heavy atom. The van der Waals surface area contributed by atoms with E-state index in [1.54, 1.807) is 22.7 Å². The van der Waals surface area contributed by atoms with Crippen LogP contribution in [0.1, 0.15) is 36.0 Å². The molecule has 0 unspecified atom stereocenters. The molecule has 1 aliphatic rings. The van der Waals surface area contributed by atoms with Crippen molar-refractivity contribution in [3.63, 3.8) is 0 Å². The van der Waals surface area contributed by atoms with E-state index in [2.05, 4.69) is 0 Å². The van der Waals surface area contributed by atoms with E-state index in [1.807, 2.05) is 6.26 Å². The number of benzene rings is 1. The molecular formula is C16H19N3O3S. The van der Waals surface area contributed by atoms with E-state index in [4.69, 9.17) is 5.41 Å². The first-order valence-electron chi connectivity index (χ1n) is 7.37. The second kappa shape index (κ2) is 7.92. The zero-order valence-corrected chi connectivity index (χ0v) is 13.8. The predicted octanol–water partition coefficient (Wildman–Crippen LogP) is 3.84. The number of nitro benzene ring substituents is 1. The summed E-state index contributed by atoms with van der Waals surface area (Å²) in [6, 6.07) is 5.73. The minimum Gasteiger partial charge on any atom is -0.328 e. The average Bonchev–Trinajstić information content (AvgIpc) is 2.59. The fourth-order valence-electron chi connectivity index (χ4n) is 2.64. The monoisotopic (exact) mass is 333 g/mol. The van der Waals surface area contributed by atoms with Gasteiger partial charge in [-0.3, -0.25) is 20.3 Å². The van der Waals surface area contributed by atoms with E-state index in [-0.39, 0.29) is 18.0 Å². The zero-order valence-electron chi connectivity index (χ0n) is 12.9. The number of nitrogens with zero attached hydrogens (tertiary/aromatic N) is 2. The highest BCUT2D eigenvalue weighted by atomic mass is 32.2. The first-order chi connectivity index (χ1) is 11.1. The van der Waals surface area contributed by atoms with E-state index < -0.39 is 4.92 Å². The molecule has 0 heterocycles. The molecule has 0 amide bonds. The SMILES string of the molecule is CSC1=C(N(C=N)CC(=O)c2cccc([N+](=O)[O-])c2)CCCC1. The van der Waals surface area contributed by atoms with Crippen molar-refractivity contribution in [3.05, 3.63) is 50.5 Å². The van der Waals surface area contributed by atoms with Gasteiger partial charge in [-0.1, -0.05) is 12.1 Å². The molecule has 7 heteroatoms. The van der Waals surface area contributed by atoms with Crippen molar-refractivity contribution in [3.8, 4) is 0 Å². The Balaban J connectivity index is 2.20. The maximum atomic E-state index is 12.4. The molecule has 0 fully saturated rings. The molecular weight excluding hydrogens is 314 g/mol. The van der Waals surface area contributed by atoms with Crippen LogP contribution in [-0.2, 0) is 0 Å². The minimum atomic E-state index is -0.513. The highest BCUT2D eigenvalue weighted by molar-refractivity contribution is 8.02. The summed E-state index contributed by atoms with van der Waals surface area (Å²) in [4.78, 5) is 25.6. The van der Waals surface area contributed by atoms with Gasteiger partial charge in [0.2, 0.25) is 0 Å². The quantitative estimate of drug-likeness (QED) is 0.269. The number of carbonyl (C=O) groups excluding carboxylic acids is 1. The maximum absolute atomic E-state index is 12.4. The largest absolute Gasteiger partial charge is 0.328 e. The number of rotatable bonds is 7. The molecule has 0 spiro atoms. The number of carbonyl (C=O) groups is 1. The van der Waals surface area contributed by atoms with E-state index in [0.29, 0.717) is 5.56 Å². The summed E-state index contributed by atoms with van der Waals surface area (Å²) in [5, 5.41) is 18.4. The second-order valence-electron chi connectivity index (χ2n) is 5.27. The first kappa shape index (κ1) is 17.2. The third-order valence-corrected chi connectivity index (χ3v) is 4.76. The average molecular weight is 333 g/mol. The fourth-order valence-corrected chi connectivity index (χ4v) is 3.45. The lowest BCUT2D eigenvalue weighted by atomic mass is 10.0. The molecule has 0 atom stereocenters. The van der Waals surface area contributed by atoms with Gasteiger partial charge in [-0.2, -0.15) is 0 Å². The molecule has 0 saturated heterocycles. The number of non-ortho nitro benzene ring substituents is 1. The van der Waals surface area contributed by atoms with Crippen molar-refractivity contribution in [1.82, 2.24) is 4.90 Å². The van der Waals surface area contributed by atoms with E-state index in [0.717, 1.165) is 31.4 Å². The molecule has 2 rings (SSSR count). The van der Waals surface area contributed by atoms with Gasteiger partial charge in [0, 0.05) is 28.3 Å². The molecule has 1 aromatic rings. The lowest BCUT2D eigenvalue weighted by Crippen LogP contribution is -2.29. The summed E-state index contributed by atoms with van der Waals surface area (Å²) >= 11 is 1.66. The summed E-state index contributed by atoms with van der Waals surface area (Å²) in [7, 11) is 0. The molecule has 6 nitrogen and oxygen atoms in total. The number of ketones is 1. The van der Waals surface area contributed by atoms with Crippen LogP contribution in [0.15, 0.2) is 34.9 Å². The Morgan fingerprint density at radius 2 is 2.17 bits per heavy atom. The van der Waals surface area contributed by atoms with E-state index in [1.165, 1.54) is 29.4 Å². The van der Waals surface area contributed by atoms with Gasteiger partial charge in [0.05, 0.1) is 17.8 Å². The van der Waals surface area contributed by atoms with E-state index >= 15 is 0 Å². The molecule has 0 radical (unpaired) electrons. The molecule has 1 aliphatic carbocycles. The van der Waals surface area contributed by atoms with Gasteiger partial charge >= 0.3 is 0 Å². The number of hydrogen-bond acceptors (Lipinski definition) is 5. The molecule has 0 aromatic heterocycles. The summed E-state index contributed by atoms with van der Waals surface area (Å²) in [6.45, 7) is 0.0318. The smallest absolute Gasteiger partial charge is 0.270 e. The highest BCUT2D eigenvalue weighted by Gasteiger charge is 2.20. The molecule has 0 aliphatic heterocycles. The van der Waals surface area contributed by atoms with Gasteiger partial charge in [0.25, 0.3) is 5.69 Å². The van der Waals surface area contributed by atoms with Crippen molar-refractivity contribution in [2.24, 2.45) is 0 Å². The number of Topliss-reactive ketones (excluding diaryl/α,β-unsaturated/α-hetero) is 1. The summed E-state index contributed by atoms with van der Waals surface area (Å²) in [5.74, 6) is -0.226. The lowest BCUT2D eigenvalue weighted by Gasteiger charge is -2.27. The van der Waals surface area contributed by atoms with Crippen LogP contribution in [-0.4, -0.2) is 34.7 Å². The van der Waals surface area contributed by atoms with Crippen molar-refractivity contribution >= 4 is 29.6 Å². The maximum Gasteiger partial charge on any atom is 0.270 e. The van der Waals surface area contributed by atoms with Gasteiger partial charge in [-0.15, -0.1) is 11.8 Å². The Morgan fingerprint density at radius 1 is 1.43 bits per heavy atom. The fraction of sp³-hybridized carbons (Fsp3) is 0.375. The van der Waals surface area contributed by atoms with Gasteiger partial charge in [-0.25, -0.2) is 0 Å². The van der Waals surface area contributed by atoms with Crippen LogP contribution in [0, 0.1) is 15.5 Å². The third kappa shape index (κ3) is 4.19. The van der Waals surface area contributed by atoms with Crippen molar-refractivity contribution < 1.29 is 9.72 Å². The number of nitrogens with one attached hydrogen (secondary N) is 1. The van der Waals surface area contributed by atoms with Crippen LogP contribution in [0.2, 0.25) is 0 Å². The molecule has 122 valence electrons. The Kier molecular flexibility index (Phi) is 5.92. The Hall–Kier alpha value is -2.15. The Labute approximate surface area is 139 Å². The third-order valence-electron chi connectivity index (χ3n) is 3.83. The normalized spacial score (nSPS) is 14.5. The van der Waals surface area contributed by atoms with Crippen LogP contribution < -0.4 is 0 Å². The van der Waals surface area contributed by atoms with E-state index in [9.17, 15) is 14.9 Å². The van der Waals surface area contributed by atoms with Crippen molar-refractivity contribution in [2.45, 2.75) is 25.7 Å². The number of hydrogen-bond donors (Lipinski definition) is 1. The van der Waals surface area contributed by atoms with Crippen molar-refractivity contribution in [2.75, 3.05) is 12.8 Å². The van der Waals surface area contributed by atoms with Crippen molar-refractivity contribution in [1.29, 1.82) is 5.41 Å². The predicted molar refractivity (Wildman–Crippen MR) is 91.9 cm³/mol. The number of nitro groups is 1. The first-order valence-corrected chi connectivity index (χ1v) is 8.60. The molecule has 1 aromatic carbocycles. The van der Waals surface area contributed by atoms with Gasteiger partial charge in [0.1, 0.15) is 0 Å². The molecule has 0 saturated carbocycles. The second-order valence-corrected chi connectivity index (χ2v) is 6.17. The summed E-state index contributed by atoms with van der Waals surface area (Å²) < 4.78 is 0. The number of thioether (sulfide) groups is 1. The Bertz CT molecular complexity index is 658.